The molecule has 1 saturated heterocycles. The monoisotopic (exact) mass is 392 g/mol. The predicted molar refractivity (Wildman–Crippen MR) is 113 cm³/mol. The number of pyridine rings is 1. The van der Waals surface area contributed by atoms with Crippen LogP contribution >= 0.6 is 0 Å². The lowest BCUT2D eigenvalue weighted by Crippen LogP contribution is -2.33. The maximum absolute atomic E-state index is 12.8. The van der Waals surface area contributed by atoms with Crippen LogP contribution in [0.1, 0.15) is 53.7 Å². The van der Waals surface area contributed by atoms with Gasteiger partial charge in [-0.05, 0) is 69.0 Å². The molecule has 0 saturated carbocycles. The van der Waals surface area contributed by atoms with E-state index < -0.39 is 0 Å². The van der Waals surface area contributed by atoms with E-state index in [0.29, 0.717) is 17.9 Å². The van der Waals surface area contributed by atoms with Gasteiger partial charge in [-0.2, -0.15) is 5.10 Å². The molecule has 2 aliphatic rings. The summed E-state index contributed by atoms with van der Waals surface area (Å²) in [4.78, 5) is 19.6. The van der Waals surface area contributed by atoms with Gasteiger partial charge in [-0.15, -0.1) is 0 Å². The van der Waals surface area contributed by atoms with Gasteiger partial charge in [-0.25, -0.2) is 5.43 Å². The molecular weight excluding hydrogens is 364 g/mol. The fraction of sp³-hybridized carbons (Fsp3) is 0.435. The van der Waals surface area contributed by atoms with Gasteiger partial charge < -0.3 is 4.74 Å². The van der Waals surface area contributed by atoms with E-state index in [4.69, 9.17) is 4.74 Å². The Morgan fingerprint density at radius 1 is 1.07 bits per heavy atom. The van der Waals surface area contributed by atoms with Gasteiger partial charge in [0.2, 0.25) is 0 Å². The van der Waals surface area contributed by atoms with E-state index in [0.717, 1.165) is 50.3 Å². The minimum atomic E-state index is -0.255. The highest BCUT2D eigenvalue weighted by Crippen LogP contribution is 2.20. The highest BCUT2D eigenvalue weighted by Gasteiger charge is 2.18. The molecule has 1 aromatic heterocycles. The first-order chi connectivity index (χ1) is 14.3. The second kappa shape index (κ2) is 9.65. The zero-order chi connectivity index (χ0) is 19.9. The van der Waals surface area contributed by atoms with Crippen molar-refractivity contribution in [1.82, 2.24) is 15.3 Å². The molecule has 2 aromatic rings. The smallest absolute Gasteiger partial charge is 0.275 e. The van der Waals surface area contributed by atoms with Crippen molar-refractivity contribution in [2.24, 2.45) is 5.10 Å². The van der Waals surface area contributed by atoms with Gasteiger partial charge in [0, 0.05) is 12.7 Å². The third-order valence-corrected chi connectivity index (χ3v) is 5.56. The molecule has 1 aliphatic heterocycles. The molecule has 0 radical (unpaired) electrons. The molecule has 2 heterocycles. The van der Waals surface area contributed by atoms with Crippen molar-refractivity contribution >= 4 is 11.6 Å². The fourth-order valence-corrected chi connectivity index (χ4v) is 4.00. The van der Waals surface area contributed by atoms with Gasteiger partial charge in [0.05, 0.1) is 17.0 Å². The summed E-state index contributed by atoms with van der Waals surface area (Å²) in [6.45, 7) is 3.74. The Morgan fingerprint density at radius 3 is 2.83 bits per heavy atom. The zero-order valence-corrected chi connectivity index (χ0v) is 16.8. The number of aromatic nitrogens is 1. The highest BCUT2D eigenvalue weighted by atomic mass is 16.5. The minimum absolute atomic E-state index is 0.255. The van der Waals surface area contributed by atoms with Crippen LogP contribution < -0.4 is 10.2 Å². The van der Waals surface area contributed by atoms with Crippen LogP contribution in [0.3, 0.4) is 0 Å². The first-order valence-corrected chi connectivity index (χ1v) is 10.6. The third-order valence-electron chi connectivity index (χ3n) is 5.56. The molecule has 4 rings (SSSR count). The molecule has 1 amide bonds. The number of carbonyl (C=O) groups is 1. The standard InChI is InChI=1S/C23H28N4O2/c28-23(26-25-20-11-6-8-18-9-7-13-24-22(18)20)19-10-2-3-12-21(19)29-17-16-27-14-4-1-5-15-27/h2-3,7,9-10,12-13H,1,4-6,8,11,14-17H2,(H,26,28)/b25-20+. The van der Waals surface area contributed by atoms with Crippen LogP contribution in [0, 0.1) is 0 Å². The Kier molecular flexibility index (Phi) is 6.52. The van der Waals surface area contributed by atoms with Crippen LogP contribution in [0.5, 0.6) is 5.75 Å². The lowest BCUT2D eigenvalue weighted by molar-refractivity contribution is 0.0949. The van der Waals surface area contributed by atoms with E-state index >= 15 is 0 Å². The van der Waals surface area contributed by atoms with E-state index in [2.05, 4.69) is 26.5 Å². The quantitative estimate of drug-likeness (QED) is 0.765. The number of hydrazone groups is 1. The van der Waals surface area contributed by atoms with E-state index in [1.165, 1.54) is 24.8 Å². The van der Waals surface area contributed by atoms with Gasteiger partial charge in [-0.1, -0.05) is 24.6 Å². The molecule has 0 spiro atoms. The van der Waals surface area contributed by atoms with Gasteiger partial charge in [0.15, 0.2) is 0 Å². The van der Waals surface area contributed by atoms with Crippen molar-refractivity contribution < 1.29 is 9.53 Å². The number of rotatable bonds is 6. The number of ether oxygens (including phenoxy) is 1. The molecule has 1 aromatic carbocycles. The molecule has 0 atom stereocenters. The summed E-state index contributed by atoms with van der Waals surface area (Å²) in [6, 6.07) is 11.4. The first-order valence-electron chi connectivity index (χ1n) is 10.6. The van der Waals surface area contributed by atoms with Crippen LogP contribution in [0.4, 0.5) is 0 Å². The van der Waals surface area contributed by atoms with Crippen molar-refractivity contribution in [3.63, 3.8) is 0 Å². The van der Waals surface area contributed by atoms with Crippen LogP contribution in [0.25, 0.3) is 0 Å². The average Bonchev–Trinajstić information content (AvgIpc) is 2.78. The lowest BCUT2D eigenvalue weighted by Gasteiger charge is -2.26. The lowest BCUT2D eigenvalue weighted by atomic mass is 9.95. The minimum Gasteiger partial charge on any atom is -0.491 e. The summed E-state index contributed by atoms with van der Waals surface area (Å²) in [5.41, 5.74) is 6.13. The third kappa shape index (κ3) is 5.01. The number of benzene rings is 1. The number of nitrogens with one attached hydrogen (secondary N) is 1. The molecule has 1 aliphatic carbocycles. The van der Waals surface area contributed by atoms with Crippen molar-refractivity contribution in [3.8, 4) is 5.75 Å². The molecule has 0 unspecified atom stereocenters. The maximum Gasteiger partial charge on any atom is 0.275 e. The number of aryl methyl sites for hydroxylation is 1. The van der Waals surface area contributed by atoms with Crippen LogP contribution in [0.15, 0.2) is 47.7 Å². The van der Waals surface area contributed by atoms with Crippen LogP contribution in [0.2, 0.25) is 0 Å². The summed E-state index contributed by atoms with van der Waals surface area (Å²) in [5.74, 6) is 0.346. The first kappa shape index (κ1) is 19.6. The number of para-hydroxylation sites is 1. The van der Waals surface area contributed by atoms with Crippen LogP contribution in [-0.4, -0.2) is 47.7 Å². The number of nitrogens with zero attached hydrogens (tertiary/aromatic N) is 3. The van der Waals surface area contributed by atoms with E-state index in [1.807, 2.05) is 24.3 Å². The van der Waals surface area contributed by atoms with Crippen molar-refractivity contribution in [3.05, 3.63) is 59.4 Å². The van der Waals surface area contributed by atoms with E-state index in [9.17, 15) is 4.79 Å². The summed E-state index contributed by atoms with van der Waals surface area (Å²) < 4.78 is 5.95. The second-order valence-electron chi connectivity index (χ2n) is 7.61. The van der Waals surface area contributed by atoms with E-state index in [-0.39, 0.29) is 5.91 Å². The topological polar surface area (TPSA) is 66.8 Å². The Morgan fingerprint density at radius 2 is 1.93 bits per heavy atom. The number of hydrogen-bond donors (Lipinski definition) is 1. The van der Waals surface area contributed by atoms with Crippen LogP contribution in [-0.2, 0) is 6.42 Å². The number of amides is 1. The molecule has 152 valence electrons. The molecule has 29 heavy (non-hydrogen) atoms. The normalized spacial score (nSPS) is 18.3. The molecule has 6 heteroatoms. The second-order valence-corrected chi connectivity index (χ2v) is 7.61. The SMILES string of the molecule is O=C(N/N=C1\CCCc2cccnc21)c1ccccc1OCCN1CCCCC1. The van der Waals surface area contributed by atoms with Crippen molar-refractivity contribution in [2.45, 2.75) is 38.5 Å². The molecule has 6 nitrogen and oxygen atoms in total. The van der Waals surface area contributed by atoms with Gasteiger partial charge in [0.25, 0.3) is 5.91 Å². The zero-order valence-electron chi connectivity index (χ0n) is 16.8. The van der Waals surface area contributed by atoms with E-state index in [1.54, 1.807) is 12.3 Å². The summed E-state index contributed by atoms with van der Waals surface area (Å²) in [5, 5.41) is 4.39. The fourth-order valence-electron chi connectivity index (χ4n) is 4.00. The summed E-state index contributed by atoms with van der Waals surface area (Å²) in [7, 11) is 0. The Labute approximate surface area is 172 Å². The number of likely N-dealkylation sites (tertiary alicyclic amines) is 1. The molecule has 0 bridgehead atoms. The molecule has 1 fully saturated rings. The Bertz CT molecular complexity index is 875. The average molecular weight is 393 g/mol. The number of fused-ring (bicyclic) bond motifs is 1. The van der Waals surface area contributed by atoms with Crippen molar-refractivity contribution in [2.75, 3.05) is 26.2 Å². The molecule has 1 N–H and O–H groups in total. The number of piperidine rings is 1. The number of hydrogen-bond acceptors (Lipinski definition) is 5. The van der Waals surface area contributed by atoms with Crippen molar-refractivity contribution in [1.29, 1.82) is 0 Å². The van der Waals surface area contributed by atoms with Gasteiger partial charge >= 0.3 is 0 Å². The summed E-state index contributed by atoms with van der Waals surface area (Å²) >= 11 is 0. The highest BCUT2D eigenvalue weighted by molar-refractivity contribution is 6.03. The Balaban J connectivity index is 1.39. The van der Waals surface area contributed by atoms with Gasteiger partial charge in [-0.3, -0.25) is 14.7 Å². The largest absolute Gasteiger partial charge is 0.491 e. The number of carbonyl (C=O) groups excluding carboxylic acids is 1. The molecular formula is C23H28N4O2. The Hall–Kier alpha value is -2.73. The van der Waals surface area contributed by atoms with Gasteiger partial charge in [0.1, 0.15) is 12.4 Å². The summed E-state index contributed by atoms with van der Waals surface area (Å²) in [6.07, 6.45) is 8.45. The predicted octanol–water partition coefficient (Wildman–Crippen LogP) is 3.42. The maximum atomic E-state index is 12.8.